The lowest BCUT2D eigenvalue weighted by atomic mass is 10.1. The van der Waals surface area contributed by atoms with E-state index in [1.54, 1.807) is 7.11 Å². The number of hydrogen-bond acceptors (Lipinski definition) is 3. The van der Waals surface area contributed by atoms with Crippen molar-refractivity contribution in [3.8, 4) is 0 Å². The predicted octanol–water partition coefficient (Wildman–Crippen LogP) is 0.279. The Morgan fingerprint density at radius 3 is 3.00 bits per heavy atom. The lowest BCUT2D eigenvalue weighted by Gasteiger charge is -2.22. The molecule has 4 nitrogen and oxygen atoms in total. The van der Waals surface area contributed by atoms with E-state index < -0.39 is 0 Å². The van der Waals surface area contributed by atoms with E-state index >= 15 is 0 Å². The molecule has 0 aromatic heterocycles. The molecule has 1 aliphatic rings. The highest BCUT2D eigenvalue weighted by Crippen LogP contribution is 2.18. The molecule has 1 aliphatic heterocycles. The zero-order valence-electron chi connectivity index (χ0n) is 8.42. The second kappa shape index (κ2) is 4.58. The lowest BCUT2D eigenvalue weighted by Crippen LogP contribution is -2.41. The molecular formula is C9H19N3O. The first-order chi connectivity index (χ1) is 6.15. The van der Waals surface area contributed by atoms with E-state index in [1.165, 1.54) is 0 Å². The maximum Gasteiger partial charge on any atom is 0.108 e. The second-order valence-corrected chi connectivity index (χ2v) is 3.74. The Kier molecular flexibility index (Phi) is 3.69. The summed E-state index contributed by atoms with van der Waals surface area (Å²) >= 11 is 0. The van der Waals surface area contributed by atoms with Crippen LogP contribution in [-0.4, -0.2) is 43.6 Å². The largest absolute Gasteiger partial charge is 0.386 e. The highest BCUT2D eigenvalue weighted by molar-refractivity contribution is 5.82. The van der Waals surface area contributed by atoms with Gasteiger partial charge in [-0.2, -0.15) is 0 Å². The number of nitrogens with two attached hydrogens (primary N) is 1. The Bertz CT molecular complexity index is 184. The Morgan fingerprint density at radius 1 is 1.77 bits per heavy atom. The fourth-order valence-corrected chi connectivity index (χ4v) is 1.78. The van der Waals surface area contributed by atoms with Gasteiger partial charge in [-0.1, -0.05) is 0 Å². The summed E-state index contributed by atoms with van der Waals surface area (Å²) in [6.45, 7) is 4.85. The number of likely N-dealkylation sites (tertiary alicyclic amines) is 1. The molecule has 0 radical (unpaired) electrons. The summed E-state index contributed by atoms with van der Waals surface area (Å²) in [7, 11) is 1.73. The van der Waals surface area contributed by atoms with E-state index in [2.05, 4.69) is 4.90 Å². The minimum absolute atomic E-state index is 0.0851. The van der Waals surface area contributed by atoms with E-state index in [4.69, 9.17) is 15.9 Å². The highest BCUT2D eigenvalue weighted by Gasteiger charge is 2.26. The van der Waals surface area contributed by atoms with Gasteiger partial charge >= 0.3 is 0 Å². The van der Waals surface area contributed by atoms with Crippen molar-refractivity contribution in [2.24, 2.45) is 11.7 Å². The van der Waals surface area contributed by atoms with Gasteiger partial charge in [0.25, 0.3) is 0 Å². The normalized spacial score (nSPS) is 26.2. The molecule has 1 fully saturated rings. The molecule has 0 aliphatic carbocycles. The summed E-state index contributed by atoms with van der Waals surface area (Å²) in [5.74, 6) is 0.880. The number of hydrogen-bond donors (Lipinski definition) is 2. The van der Waals surface area contributed by atoms with Crippen LogP contribution >= 0.6 is 0 Å². The molecule has 76 valence electrons. The molecule has 0 spiro atoms. The molecule has 0 aromatic carbocycles. The highest BCUT2D eigenvalue weighted by atomic mass is 16.5. The molecule has 13 heavy (non-hydrogen) atoms. The summed E-state index contributed by atoms with van der Waals surface area (Å²) in [6, 6.07) is 0.0851. The Hall–Kier alpha value is -0.610. The molecule has 4 heteroatoms. The number of methoxy groups -OCH3 is 1. The van der Waals surface area contributed by atoms with Crippen LogP contribution in [0.25, 0.3) is 0 Å². The third kappa shape index (κ3) is 2.67. The number of amidine groups is 1. The zero-order chi connectivity index (χ0) is 9.84. The quantitative estimate of drug-likeness (QED) is 0.488. The van der Waals surface area contributed by atoms with Crippen LogP contribution in [0.4, 0.5) is 0 Å². The first kappa shape index (κ1) is 10.5. The average molecular weight is 185 g/mol. The molecule has 2 unspecified atom stereocenters. The Labute approximate surface area is 79.6 Å². The maximum atomic E-state index is 7.34. The fraction of sp³-hybridized carbons (Fsp3) is 0.889. The molecule has 0 aromatic rings. The van der Waals surface area contributed by atoms with E-state index in [0.29, 0.717) is 5.92 Å². The standard InChI is InChI=1S/C9H19N3O/c1-7(9(10)11)12-4-3-8(5-12)6-13-2/h7-8H,3-6H2,1-2H3,(H3,10,11). The molecule has 0 bridgehead atoms. The van der Waals surface area contributed by atoms with Gasteiger partial charge in [0, 0.05) is 13.7 Å². The number of rotatable bonds is 4. The molecule has 1 heterocycles. The molecule has 1 rings (SSSR count). The van der Waals surface area contributed by atoms with Gasteiger partial charge in [0.05, 0.1) is 12.6 Å². The van der Waals surface area contributed by atoms with Crippen molar-refractivity contribution in [2.75, 3.05) is 26.8 Å². The zero-order valence-corrected chi connectivity index (χ0v) is 8.42. The van der Waals surface area contributed by atoms with Gasteiger partial charge < -0.3 is 10.5 Å². The van der Waals surface area contributed by atoms with E-state index in [1.807, 2.05) is 6.92 Å². The molecule has 0 amide bonds. The van der Waals surface area contributed by atoms with Crippen LogP contribution in [0.3, 0.4) is 0 Å². The van der Waals surface area contributed by atoms with Gasteiger partial charge in [0.15, 0.2) is 0 Å². The van der Waals surface area contributed by atoms with Crippen LogP contribution in [-0.2, 0) is 4.74 Å². The Balaban J connectivity index is 2.36. The van der Waals surface area contributed by atoms with E-state index in [9.17, 15) is 0 Å². The fourth-order valence-electron chi connectivity index (χ4n) is 1.78. The SMILES string of the molecule is COCC1CCN(C(C)C(=N)N)C1. The van der Waals surface area contributed by atoms with Crippen molar-refractivity contribution < 1.29 is 4.74 Å². The summed E-state index contributed by atoms with van der Waals surface area (Å²) in [4.78, 5) is 2.24. The number of nitrogens with one attached hydrogen (secondary N) is 1. The van der Waals surface area contributed by atoms with Crippen molar-refractivity contribution in [1.82, 2.24) is 4.90 Å². The van der Waals surface area contributed by atoms with Gasteiger partial charge in [-0.15, -0.1) is 0 Å². The third-order valence-corrected chi connectivity index (χ3v) is 2.72. The Morgan fingerprint density at radius 2 is 2.46 bits per heavy atom. The third-order valence-electron chi connectivity index (χ3n) is 2.72. The van der Waals surface area contributed by atoms with Gasteiger partial charge in [0.1, 0.15) is 5.84 Å². The molecule has 1 saturated heterocycles. The van der Waals surface area contributed by atoms with Gasteiger partial charge in [-0.25, -0.2) is 0 Å². The first-order valence-corrected chi connectivity index (χ1v) is 4.72. The van der Waals surface area contributed by atoms with Crippen LogP contribution < -0.4 is 5.73 Å². The van der Waals surface area contributed by atoms with Crippen LogP contribution in [0, 0.1) is 11.3 Å². The molecular weight excluding hydrogens is 166 g/mol. The maximum absolute atomic E-state index is 7.34. The van der Waals surface area contributed by atoms with E-state index in [0.717, 1.165) is 26.1 Å². The minimum atomic E-state index is 0.0851. The minimum Gasteiger partial charge on any atom is -0.386 e. The van der Waals surface area contributed by atoms with Gasteiger partial charge in [-0.3, -0.25) is 10.3 Å². The summed E-state index contributed by atoms with van der Waals surface area (Å²) < 4.78 is 5.10. The van der Waals surface area contributed by atoms with Crippen LogP contribution in [0.2, 0.25) is 0 Å². The second-order valence-electron chi connectivity index (χ2n) is 3.74. The predicted molar refractivity (Wildman–Crippen MR) is 52.9 cm³/mol. The number of ether oxygens (including phenoxy) is 1. The van der Waals surface area contributed by atoms with Crippen molar-refractivity contribution in [3.05, 3.63) is 0 Å². The van der Waals surface area contributed by atoms with Crippen LogP contribution in [0.5, 0.6) is 0 Å². The molecule has 3 N–H and O–H groups in total. The van der Waals surface area contributed by atoms with Gasteiger partial charge in [-0.05, 0) is 25.8 Å². The molecule has 2 atom stereocenters. The van der Waals surface area contributed by atoms with Crippen molar-refractivity contribution in [1.29, 1.82) is 5.41 Å². The summed E-state index contributed by atoms with van der Waals surface area (Å²) in [5, 5.41) is 7.34. The smallest absolute Gasteiger partial charge is 0.108 e. The van der Waals surface area contributed by atoms with Crippen LogP contribution in [0.15, 0.2) is 0 Å². The lowest BCUT2D eigenvalue weighted by molar-refractivity contribution is 0.152. The summed E-state index contributed by atoms with van der Waals surface area (Å²) in [6.07, 6.45) is 1.16. The van der Waals surface area contributed by atoms with Crippen molar-refractivity contribution in [3.63, 3.8) is 0 Å². The number of nitrogens with zero attached hydrogens (tertiary/aromatic N) is 1. The van der Waals surface area contributed by atoms with Crippen molar-refractivity contribution in [2.45, 2.75) is 19.4 Å². The average Bonchev–Trinajstić information content (AvgIpc) is 2.52. The molecule has 0 saturated carbocycles. The monoisotopic (exact) mass is 185 g/mol. The van der Waals surface area contributed by atoms with Gasteiger partial charge in [0.2, 0.25) is 0 Å². The van der Waals surface area contributed by atoms with Crippen molar-refractivity contribution >= 4 is 5.84 Å². The summed E-state index contributed by atoms with van der Waals surface area (Å²) in [5.41, 5.74) is 5.45. The van der Waals surface area contributed by atoms with E-state index in [-0.39, 0.29) is 11.9 Å². The first-order valence-electron chi connectivity index (χ1n) is 4.72. The van der Waals surface area contributed by atoms with Crippen LogP contribution in [0.1, 0.15) is 13.3 Å². The topological polar surface area (TPSA) is 62.3 Å².